The van der Waals surface area contributed by atoms with Gasteiger partial charge in [0.1, 0.15) is 23.7 Å². The Morgan fingerprint density at radius 2 is 2.03 bits per heavy atom. The smallest absolute Gasteiger partial charge is 0.352 e. The predicted octanol–water partition coefficient (Wildman–Crippen LogP) is -0.724. The number of carbonyl (C=O) groups is 6. The van der Waals surface area contributed by atoms with Gasteiger partial charge in [0.05, 0.1) is 6.26 Å². The Balaban J connectivity index is 1.79. The Labute approximate surface area is 213 Å². The molecule has 0 aromatic carbocycles. The number of imide groups is 1. The lowest BCUT2D eigenvalue weighted by molar-refractivity contribution is -0.150. The van der Waals surface area contributed by atoms with E-state index in [9.17, 15) is 33.9 Å². The molecule has 3 heterocycles. The lowest BCUT2D eigenvalue weighted by Crippen LogP contribution is -2.71. The number of ether oxygens (including phenoxy) is 1. The van der Waals surface area contributed by atoms with Crippen molar-refractivity contribution in [1.82, 2.24) is 15.5 Å². The molecule has 1 aromatic heterocycles. The molecule has 1 saturated heterocycles. The molecule has 0 unspecified atom stereocenters. The molecule has 2 aliphatic heterocycles. The summed E-state index contributed by atoms with van der Waals surface area (Å²) >= 11 is 1.17. The molecule has 1 aromatic rings. The molecule has 16 heteroatoms. The van der Waals surface area contributed by atoms with Gasteiger partial charge in [-0.2, -0.15) is 0 Å². The molecule has 0 radical (unpaired) electrons. The van der Waals surface area contributed by atoms with Crippen LogP contribution in [0.25, 0.3) is 0 Å². The summed E-state index contributed by atoms with van der Waals surface area (Å²) in [6.45, 7) is 3.42. The predicted molar refractivity (Wildman–Crippen MR) is 124 cm³/mol. The van der Waals surface area contributed by atoms with Crippen LogP contribution in [0, 0.1) is 0 Å². The van der Waals surface area contributed by atoms with Crippen LogP contribution in [0.1, 0.15) is 26.5 Å². The van der Waals surface area contributed by atoms with Crippen LogP contribution in [0.4, 0.5) is 4.79 Å². The normalized spacial score (nSPS) is 19.4. The van der Waals surface area contributed by atoms with Crippen molar-refractivity contribution in [2.45, 2.75) is 37.8 Å². The molecule has 37 heavy (non-hydrogen) atoms. The van der Waals surface area contributed by atoms with Crippen molar-refractivity contribution in [1.29, 1.82) is 0 Å². The largest absolute Gasteiger partial charge is 0.477 e. The topological polar surface area (TPSA) is 220 Å². The van der Waals surface area contributed by atoms with E-state index >= 15 is 0 Å². The van der Waals surface area contributed by atoms with Gasteiger partial charge in [-0.15, -0.1) is 11.8 Å². The average molecular weight is 538 g/mol. The second-order valence-electron chi connectivity index (χ2n) is 8.24. The molecular formula is C21H23N5O10S. The maximum absolute atomic E-state index is 13.1. The summed E-state index contributed by atoms with van der Waals surface area (Å²) in [6, 6.07) is 0.617. The van der Waals surface area contributed by atoms with E-state index in [-0.39, 0.29) is 29.4 Å². The highest BCUT2D eigenvalue weighted by Gasteiger charge is 2.54. The summed E-state index contributed by atoms with van der Waals surface area (Å²) in [5.74, 6) is -4.45. The number of nitrogens with two attached hydrogens (primary N) is 1. The number of primary amides is 1. The van der Waals surface area contributed by atoms with Crippen molar-refractivity contribution >= 4 is 53.2 Å². The van der Waals surface area contributed by atoms with Gasteiger partial charge in [-0.25, -0.2) is 9.59 Å². The fraction of sp³-hybridized carbons (Fsp3) is 0.381. The quantitative estimate of drug-likeness (QED) is 0.133. The van der Waals surface area contributed by atoms with Gasteiger partial charge in [0, 0.05) is 18.2 Å². The summed E-state index contributed by atoms with van der Waals surface area (Å²) < 4.78 is 10.1. The minimum Gasteiger partial charge on any atom is -0.477 e. The minimum atomic E-state index is -1.73. The number of nitrogens with one attached hydrogen (secondary N) is 2. The van der Waals surface area contributed by atoms with Gasteiger partial charge < -0.3 is 30.1 Å². The summed E-state index contributed by atoms with van der Waals surface area (Å²) in [6.07, 6.45) is 1.25. The monoisotopic (exact) mass is 537 g/mol. The first-order chi connectivity index (χ1) is 17.3. The van der Waals surface area contributed by atoms with Crippen molar-refractivity contribution < 1.29 is 47.9 Å². The maximum atomic E-state index is 13.1. The molecule has 0 bridgehead atoms. The number of furan rings is 1. The number of aliphatic carboxylic acids is 1. The van der Waals surface area contributed by atoms with Crippen LogP contribution in [-0.2, 0) is 33.5 Å². The number of oxime groups is 1. The number of hydrogen-bond donors (Lipinski definition) is 4. The van der Waals surface area contributed by atoms with Gasteiger partial charge in [0.2, 0.25) is 11.3 Å². The highest BCUT2D eigenvalue weighted by atomic mass is 32.2. The zero-order valence-corrected chi connectivity index (χ0v) is 20.6. The molecule has 2 aliphatic rings. The first-order valence-electron chi connectivity index (χ1n) is 10.6. The molecule has 5 N–H and O–H groups in total. The Hall–Kier alpha value is -4.34. The number of nitrogens with zero attached hydrogens (tertiary/aromatic N) is 2. The van der Waals surface area contributed by atoms with Crippen LogP contribution in [0.5, 0.6) is 0 Å². The maximum Gasteiger partial charge on any atom is 0.352 e. The second kappa shape index (κ2) is 10.7. The standard InChI is InChI=1S/C21H23N5O10S/c1-9(27)35-7-10-8-37-17-13(16(29)26(17)14(10)18(30)31)23-15(28)12(11-5-4-6-34-11)25-36-21(2,3)19(32)24-20(22)33/h4-6,13,17H,7-8H2,1-3H3,(H,23,28)(H,30,31)(H3,22,24,32,33)/t13-,17-/m1/s1. The third-order valence-corrected chi connectivity index (χ3v) is 6.44. The summed E-state index contributed by atoms with van der Waals surface area (Å²) in [7, 11) is 0. The number of urea groups is 1. The number of amides is 5. The number of rotatable bonds is 9. The van der Waals surface area contributed by atoms with Crippen LogP contribution >= 0.6 is 11.8 Å². The fourth-order valence-corrected chi connectivity index (χ4v) is 4.60. The third-order valence-electron chi connectivity index (χ3n) is 5.10. The van der Waals surface area contributed by atoms with E-state index in [1.807, 2.05) is 5.32 Å². The number of thioether (sulfide) groups is 1. The number of fused-ring (bicyclic) bond motifs is 1. The zero-order valence-electron chi connectivity index (χ0n) is 19.8. The average Bonchev–Trinajstić information content (AvgIpc) is 3.34. The minimum absolute atomic E-state index is 0.0571. The number of carboxylic acid groups (broad SMARTS) is 1. The number of esters is 1. The van der Waals surface area contributed by atoms with Gasteiger partial charge in [-0.3, -0.25) is 29.4 Å². The molecule has 3 rings (SSSR count). The molecular weight excluding hydrogens is 514 g/mol. The molecule has 198 valence electrons. The fourth-order valence-electron chi connectivity index (χ4n) is 3.27. The van der Waals surface area contributed by atoms with Crippen LogP contribution in [0.15, 0.2) is 39.2 Å². The molecule has 0 aliphatic carbocycles. The number of hydrogen-bond acceptors (Lipinski definition) is 11. The molecule has 1 fully saturated rings. The van der Waals surface area contributed by atoms with Crippen molar-refractivity contribution in [3.8, 4) is 0 Å². The molecule has 0 spiro atoms. The van der Waals surface area contributed by atoms with Crippen LogP contribution in [0.2, 0.25) is 0 Å². The number of carbonyl (C=O) groups excluding carboxylic acids is 5. The Morgan fingerprint density at radius 3 is 2.59 bits per heavy atom. The Kier molecular flexibility index (Phi) is 7.90. The Bertz CT molecular complexity index is 1210. The SMILES string of the molecule is CC(=O)OCC1=C(C(=O)O)N2C(=O)[C@@H](NC(=O)C(=NOC(C)(C)C(=O)NC(N)=O)c3ccco3)[C@H]2SC1. The van der Waals surface area contributed by atoms with Crippen molar-refractivity contribution in [3.63, 3.8) is 0 Å². The van der Waals surface area contributed by atoms with E-state index in [0.29, 0.717) is 0 Å². The first kappa shape index (κ1) is 27.3. The molecule has 2 atom stereocenters. The van der Waals surface area contributed by atoms with E-state index in [2.05, 4.69) is 10.5 Å². The third kappa shape index (κ3) is 5.91. The van der Waals surface area contributed by atoms with Gasteiger partial charge in [-0.1, -0.05) is 5.16 Å². The Morgan fingerprint density at radius 1 is 1.32 bits per heavy atom. The highest BCUT2D eigenvalue weighted by Crippen LogP contribution is 2.40. The van der Waals surface area contributed by atoms with E-state index in [0.717, 1.165) is 4.90 Å². The highest BCUT2D eigenvalue weighted by molar-refractivity contribution is 8.00. The second-order valence-corrected chi connectivity index (χ2v) is 9.34. The lowest BCUT2D eigenvalue weighted by atomic mass is 10.0. The summed E-state index contributed by atoms with van der Waals surface area (Å²) in [5, 5.41) is 16.9. The van der Waals surface area contributed by atoms with Gasteiger partial charge in [-0.05, 0) is 26.0 Å². The van der Waals surface area contributed by atoms with Crippen molar-refractivity contribution in [2.75, 3.05) is 12.4 Å². The zero-order chi connectivity index (χ0) is 27.5. The first-order valence-corrected chi connectivity index (χ1v) is 11.6. The summed E-state index contributed by atoms with van der Waals surface area (Å²) in [5.41, 5.74) is 2.71. The summed E-state index contributed by atoms with van der Waals surface area (Å²) in [4.78, 5) is 78.2. The van der Waals surface area contributed by atoms with Crippen molar-refractivity contribution in [2.24, 2.45) is 10.9 Å². The van der Waals surface area contributed by atoms with E-state index < -0.39 is 58.4 Å². The van der Waals surface area contributed by atoms with E-state index in [1.165, 1.54) is 50.9 Å². The van der Waals surface area contributed by atoms with E-state index in [1.54, 1.807) is 0 Å². The number of β-lactam (4-membered cyclic amide) rings is 1. The van der Waals surface area contributed by atoms with Crippen LogP contribution in [0.3, 0.4) is 0 Å². The lowest BCUT2D eigenvalue weighted by Gasteiger charge is -2.49. The van der Waals surface area contributed by atoms with Gasteiger partial charge in [0.15, 0.2) is 5.76 Å². The van der Waals surface area contributed by atoms with Gasteiger partial charge >= 0.3 is 18.0 Å². The number of carboxylic acids is 1. The molecule has 0 saturated carbocycles. The van der Waals surface area contributed by atoms with Crippen LogP contribution in [-0.4, -0.2) is 80.8 Å². The van der Waals surface area contributed by atoms with Crippen LogP contribution < -0.4 is 16.4 Å². The van der Waals surface area contributed by atoms with Gasteiger partial charge in [0.25, 0.3) is 17.7 Å². The van der Waals surface area contributed by atoms with Crippen molar-refractivity contribution in [3.05, 3.63) is 35.4 Å². The molecule has 15 nitrogen and oxygen atoms in total. The molecule has 5 amide bonds. The van der Waals surface area contributed by atoms with E-state index in [4.69, 9.17) is 19.7 Å².